The van der Waals surface area contributed by atoms with Gasteiger partial charge in [0.1, 0.15) is 0 Å². The van der Waals surface area contributed by atoms with Crippen molar-refractivity contribution in [2.45, 2.75) is 13.5 Å². The second kappa shape index (κ2) is 6.50. The first-order valence-electron chi connectivity index (χ1n) is 6.16. The number of hydrogen-bond acceptors (Lipinski definition) is 2. The van der Waals surface area contributed by atoms with Gasteiger partial charge >= 0.3 is 0 Å². The van der Waals surface area contributed by atoms with Crippen LogP contribution in [0.5, 0.6) is 0 Å². The Morgan fingerprint density at radius 2 is 1.84 bits per heavy atom. The fourth-order valence-corrected chi connectivity index (χ4v) is 1.69. The lowest BCUT2D eigenvalue weighted by atomic mass is 10.1. The molecule has 96 valence electrons. The molecule has 0 atom stereocenters. The van der Waals surface area contributed by atoms with Gasteiger partial charge in [0.05, 0.1) is 0 Å². The van der Waals surface area contributed by atoms with Gasteiger partial charge < -0.3 is 5.32 Å². The number of carbonyl (C=O) groups excluding carboxylic acids is 1. The average molecular weight is 252 g/mol. The molecule has 0 fully saturated rings. The number of hydrogen-bond donors (Lipinski definition) is 1. The van der Waals surface area contributed by atoms with Crippen molar-refractivity contribution in [2.75, 3.05) is 0 Å². The maximum atomic E-state index is 11.9. The number of nitrogens with one attached hydrogen (secondary N) is 1. The number of benzene rings is 1. The summed E-state index contributed by atoms with van der Waals surface area (Å²) < 4.78 is 0. The highest BCUT2D eigenvalue weighted by Crippen LogP contribution is 2.06. The van der Waals surface area contributed by atoms with Crippen molar-refractivity contribution in [1.82, 2.24) is 10.3 Å². The Kier molecular flexibility index (Phi) is 4.45. The zero-order valence-corrected chi connectivity index (χ0v) is 10.8. The van der Waals surface area contributed by atoms with Gasteiger partial charge in [-0.2, -0.15) is 0 Å². The Morgan fingerprint density at radius 3 is 2.53 bits per heavy atom. The van der Waals surface area contributed by atoms with E-state index in [-0.39, 0.29) is 5.91 Å². The Balaban J connectivity index is 1.95. The molecule has 0 bridgehead atoms. The minimum atomic E-state index is -0.0549. The summed E-state index contributed by atoms with van der Waals surface area (Å²) in [5.74, 6) is -0.0549. The monoisotopic (exact) mass is 252 g/mol. The molecule has 1 N–H and O–H groups in total. The summed E-state index contributed by atoms with van der Waals surface area (Å²) in [7, 11) is 0. The van der Waals surface area contributed by atoms with E-state index in [0.717, 1.165) is 11.1 Å². The summed E-state index contributed by atoms with van der Waals surface area (Å²) in [6.45, 7) is 2.33. The lowest BCUT2D eigenvalue weighted by Gasteiger charge is -2.05. The van der Waals surface area contributed by atoms with E-state index in [1.165, 1.54) is 0 Å². The van der Waals surface area contributed by atoms with E-state index >= 15 is 0 Å². The maximum Gasteiger partial charge on any atom is 0.247 e. The molecule has 0 aliphatic rings. The van der Waals surface area contributed by atoms with Gasteiger partial charge in [-0.3, -0.25) is 9.78 Å². The molecule has 0 aliphatic heterocycles. The van der Waals surface area contributed by atoms with Gasteiger partial charge in [-0.15, -0.1) is 0 Å². The summed E-state index contributed by atoms with van der Waals surface area (Å²) in [4.78, 5) is 15.9. The van der Waals surface area contributed by atoms with Crippen LogP contribution in [-0.4, -0.2) is 10.9 Å². The molecule has 2 aromatic rings. The van der Waals surface area contributed by atoms with Crippen molar-refractivity contribution in [3.8, 4) is 0 Å². The largest absolute Gasteiger partial charge is 0.348 e. The second-order valence-electron chi connectivity index (χ2n) is 4.28. The summed E-state index contributed by atoms with van der Waals surface area (Å²) in [6.07, 6.45) is 5.31. The number of pyridine rings is 1. The van der Waals surface area contributed by atoms with Crippen molar-refractivity contribution >= 4 is 12.0 Å². The topological polar surface area (TPSA) is 42.0 Å². The third-order valence-corrected chi connectivity index (χ3v) is 2.74. The van der Waals surface area contributed by atoms with Crippen LogP contribution in [-0.2, 0) is 11.3 Å². The van der Waals surface area contributed by atoms with Gasteiger partial charge in [-0.1, -0.05) is 30.3 Å². The summed E-state index contributed by atoms with van der Waals surface area (Å²) >= 11 is 0. The molecule has 1 aromatic heterocycles. The normalized spacial score (nSPS) is 11.1. The first kappa shape index (κ1) is 13.0. The Labute approximate surface area is 113 Å². The van der Waals surface area contributed by atoms with Gasteiger partial charge in [0.15, 0.2) is 0 Å². The van der Waals surface area contributed by atoms with Crippen LogP contribution in [0.2, 0.25) is 0 Å². The van der Waals surface area contributed by atoms with E-state index < -0.39 is 0 Å². The Hall–Kier alpha value is -2.42. The van der Waals surface area contributed by atoms with Crippen LogP contribution < -0.4 is 5.32 Å². The molecule has 0 saturated carbocycles. The Bertz CT molecular complexity index is 562. The lowest BCUT2D eigenvalue weighted by Crippen LogP contribution is -2.23. The zero-order chi connectivity index (χ0) is 13.5. The molecule has 1 amide bonds. The predicted octanol–water partition coefficient (Wildman–Crippen LogP) is 2.80. The molecule has 0 radical (unpaired) electrons. The van der Waals surface area contributed by atoms with Crippen LogP contribution in [0.4, 0.5) is 0 Å². The van der Waals surface area contributed by atoms with Crippen molar-refractivity contribution in [3.05, 3.63) is 71.6 Å². The number of carbonyl (C=O) groups is 1. The van der Waals surface area contributed by atoms with Gasteiger partial charge in [0, 0.05) is 24.5 Å². The third kappa shape index (κ3) is 4.07. The van der Waals surface area contributed by atoms with E-state index in [2.05, 4.69) is 10.3 Å². The number of aromatic nitrogens is 1. The highest BCUT2D eigenvalue weighted by Gasteiger charge is 2.03. The van der Waals surface area contributed by atoms with E-state index in [9.17, 15) is 4.79 Å². The molecule has 2 rings (SSSR count). The zero-order valence-electron chi connectivity index (χ0n) is 10.8. The average Bonchev–Trinajstić information content (AvgIpc) is 2.47. The van der Waals surface area contributed by atoms with Gasteiger partial charge in [0.2, 0.25) is 5.91 Å². The smallest absolute Gasteiger partial charge is 0.247 e. The molecule has 19 heavy (non-hydrogen) atoms. The summed E-state index contributed by atoms with van der Waals surface area (Å²) in [5.41, 5.74) is 2.76. The summed E-state index contributed by atoms with van der Waals surface area (Å²) in [6, 6.07) is 13.6. The molecular weight excluding hydrogens is 236 g/mol. The van der Waals surface area contributed by atoms with E-state index in [0.29, 0.717) is 12.1 Å². The Morgan fingerprint density at radius 1 is 1.16 bits per heavy atom. The minimum Gasteiger partial charge on any atom is -0.348 e. The van der Waals surface area contributed by atoms with E-state index in [4.69, 9.17) is 0 Å². The molecule has 0 saturated heterocycles. The molecule has 0 spiro atoms. The fourth-order valence-electron chi connectivity index (χ4n) is 1.69. The minimum absolute atomic E-state index is 0.0549. The first-order valence-corrected chi connectivity index (χ1v) is 6.16. The lowest BCUT2D eigenvalue weighted by molar-refractivity contribution is -0.117. The van der Waals surface area contributed by atoms with Crippen molar-refractivity contribution < 1.29 is 4.79 Å². The van der Waals surface area contributed by atoms with Crippen molar-refractivity contribution in [3.63, 3.8) is 0 Å². The van der Waals surface area contributed by atoms with E-state index in [1.54, 1.807) is 12.4 Å². The molecular formula is C16H16N2O. The molecule has 1 heterocycles. The molecule has 3 nitrogen and oxygen atoms in total. The van der Waals surface area contributed by atoms with Crippen LogP contribution >= 0.6 is 0 Å². The fraction of sp³-hybridized carbons (Fsp3) is 0.125. The highest BCUT2D eigenvalue weighted by atomic mass is 16.1. The van der Waals surface area contributed by atoms with Crippen molar-refractivity contribution in [1.29, 1.82) is 0 Å². The molecule has 0 unspecified atom stereocenters. The van der Waals surface area contributed by atoms with Crippen molar-refractivity contribution in [2.24, 2.45) is 0 Å². The van der Waals surface area contributed by atoms with Crippen LogP contribution in [0.3, 0.4) is 0 Å². The predicted molar refractivity (Wildman–Crippen MR) is 76.2 cm³/mol. The first-order chi connectivity index (χ1) is 9.25. The van der Waals surface area contributed by atoms with Crippen LogP contribution in [0.15, 0.2) is 60.4 Å². The number of amides is 1. The standard InChI is InChI=1S/C16H16N2O/c1-13(11-14-5-3-2-4-6-14)16(19)18-12-15-7-9-17-10-8-15/h2-11H,12H2,1H3,(H,18,19)/b13-11+. The van der Waals surface area contributed by atoms with E-state index in [1.807, 2.05) is 55.5 Å². The van der Waals surface area contributed by atoms with Gasteiger partial charge in [0.25, 0.3) is 0 Å². The summed E-state index contributed by atoms with van der Waals surface area (Å²) in [5, 5.41) is 2.88. The molecule has 0 aliphatic carbocycles. The highest BCUT2D eigenvalue weighted by molar-refractivity contribution is 5.97. The van der Waals surface area contributed by atoms with Crippen LogP contribution in [0, 0.1) is 0 Å². The van der Waals surface area contributed by atoms with Crippen LogP contribution in [0.25, 0.3) is 6.08 Å². The SMILES string of the molecule is C/C(=C\c1ccccc1)C(=O)NCc1ccncc1. The van der Waals surface area contributed by atoms with Crippen LogP contribution in [0.1, 0.15) is 18.1 Å². The quantitative estimate of drug-likeness (QED) is 0.850. The number of nitrogens with zero attached hydrogens (tertiary/aromatic N) is 1. The van der Waals surface area contributed by atoms with Gasteiger partial charge in [-0.05, 0) is 36.3 Å². The third-order valence-electron chi connectivity index (χ3n) is 2.74. The second-order valence-corrected chi connectivity index (χ2v) is 4.28. The maximum absolute atomic E-state index is 11.9. The molecule has 1 aromatic carbocycles. The van der Waals surface area contributed by atoms with Gasteiger partial charge in [-0.25, -0.2) is 0 Å². The molecule has 3 heteroatoms. The number of rotatable bonds is 4.